The molecule has 0 radical (unpaired) electrons. The summed E-state index contributed by atoms with van der Waals surface area (Å²) in [6.45, 7) is 0.0288. The van der Waals surface area contributed by atoms with Gasteiger partial charge in [0.2, 0.25) is 5.78 Å². The van der Waals surface area contributed by atoms with Crippen molar-refractivity contribution in [2.45, 2.75) is 64.4 Å². The third kappa shape index (κ3) is 14.1. The molecule has 1 amide bonds. The van der Waals surface area contributed by atoms with E-state index in [1.807, 2.05) is 152 Å². The molecule has 0 spiro atoms. The molecule has 378 valence electrons. The summed E-state index contributed by atoms with van der Waals surface area (Å²) < 4.78 is 43.2. The highest BCUT2D eigenvalue weighted by Gasteiger charge is 2.34. The fraction of sp³-hybridized carbons (Fsp3) is 0.175. The molecule has 0 saturated heterocycles. The van der Waals surface area contributed by atoms with Gasteiger partial charge in [-0.1, -0.05) is 158 Å². The fourth-order valence-electron chi connectivity index (χ4n) is 8.51. The van der Waals surface area contributed by atoms with Gasteiger partial charge in [-0.2, -0.15) is 0 Å². The van der Waals surface area contributed by atoms with Crippen LogP contribution in [-0.4, -0.2) is 42.4 Å². The Balaban J connectivity index is 1.02. The van der Waals surface area contributed by atoms with Crippen molar-refractivity contribution < 1.29 is 52.3 Å². The fourth-order valence-corrected chi connectivity index (χ4v) is 8.51. The third-order valence-corrected chi connectivity index (χ3v) is 12.4. The quantitative estimate of drug-likeness (QED) is 0.0483. The Hall–Kier alpha value is -9.16. The third-order valence-electron chi connectivity index (χ3n) is 12.4. The summed E-state index contributed by atoms with van der Waals surface area (Å²) in [6, 6.07) is 61.5. The summed E-state index contributed by atoms with van der Waals surface area (Å²) in [5.41, 5.74) is 4.68. The zero-order chi connectivity index (χ0) is 51.6. The molecule has 9 rings (SSSR count). The van der Waals surface area contributed by atoms with E-state index in [2.05, 4.69) is 5.32 Å². The molecule has 1 fully saturated rings. The molecule has 1 aliphatic carbocycles. The van der Waals surface area contributed by atoms with Gasteiger partial charge in [0.15, 0.2) is 6.61 Å². The lowest BCUT2D eigenvalue weighted by molar-refractivity contribution is -0.147. The van der Waals surface area contributed by atoms with Gasteiger partial charge >= 0.3 is 11.9 Å². The number of carbonyl (C=O) groups excluding carboxylic acids is 4. The van der Waals surface area contributed by atoms with Crippen LogP contribution in [0.3, 0.4) is 0 Å². The summed E-state index contributed by atoms with van der Waals surface area (Å²) >= 11 is 0. The van der Waals surface area contributed by atoms with E-state index < -0.39 is 36.5 Å². The molecule has 12 nitrogen and oxygen atoms in total. The second-order valence-electron chi connectivity index (χ2n) is 17.8. The first-order chi connectivity index (χ1) is 36.8. The van der Waals surface area contributed by atoms with E-state index in [0.29, 0.717) is 37.2 Å². The number of esters is 2. The van der Waals surface area contributed by atoms with Gasteiger partial charge in [0.1, 0.15) is 79.0 Å². The van der Waals surface area contributed by atoms with E-state index in [1.54, 1.807) is 42.5 Å². The van der Waals surface area contributed by atoms with Crippen LogP contribution in [0.4, 0.5) is 0 Å². The normalized spacial score (nSPS) is 13.7. The Kier molecular flexibility index (Phi) is 17.2. The average molecular weight is 1000 g/mol. The summed E-state index contributed by atoms with van der Waals surface area (Å²) in [7, 11) is 0. The zero-order valence-electron chi connectivity index (χ0n) is 41.1. The molecule has 2 atom stereocenters. The van der Waals surface area contributed by atoms with Gasteiger partial charge in [-0.05, 0) is 95.6 Å². The number of rotatable bonds is 23. The van der Waals surface area contributed by atoms with E-state index in [0.717, 1.165) is 27.8 Å². The minimum absolute atomic E-state index is 0.0113. The maximum Gasteiger partial charge on any atom is 0.344 e. The molecule has 8 aromatic carbocycles. The lowest BCUT2D eigenvalue weighted by Gasteiger charge is -2.23. The smallest absolute Gasteiger partial charge is 0.344 e. The highest BCUT2D eigenvalue weighted by molar-refractivity contribution is 6.16. The molecule has 1 N–H and O–H groups in total. The summed E-state index contributed by atoms with van der Waals surface area (Å²) in [4.78, 5) is 56.9. The lowest BCUT2D eigenvalue weighted by Crippen LogP contribution is -2.42. The first-order valence-electron chi connectivity index (χ1n) is 24.8. The van der Waals surface area contributed by atoms with Gasteiger partial charge in [0.05, 0.1) is 11.6 Å². The second-order valence-corrected chi connectivity index (χ2v) is 17.8. The average Bonchev–Trinajstić information content (AvgIpc) is 3.90. The van der Waals surface area contributed by atoms with Gasteiger partial charge < -0.3 is 38.5 Å². The Morgan fingerprint density at radius 1 is 0.427 bits per heavy atom. The van der Waals surface area contributed by atoms with Gasteiger partial charge in [0, 0.05) is 5.56 Å². The Labute approximate surface area is 435 Å². The molecule has 0 unspecified atom stereocenters. The molecule has 8 aromatic rings. The molecular formula is C63H55NO11. The van der Waals surface area contributed by atoms with Crippen molar-refractivity contribution in [3.05, 3.63) is 256 Å². The Morgan fingerprint density at radius 2 is 0.867 bits per heavy atom. The molecule has 75 heavy (non-hydrogen) atoms. The van der Waals surface area contributed by atoms with Crippen molar-refractivity contribution in [1.82, 2.24) is 5.32 Å². The van der Waals surface area contributed by atoms with Crippen molar-refractivity contribution in [1.29, 1.82) is 0 Å². The molecule has 12 heteroatoms. The summed E-state index contributed by atoms with van der Waals surface area (Å²) in [5.74, 6) is -1.46. The number of ketones is 1. The SMILES string of the molecule is O=C(COc1cccc(OCc2ccccc2)c1C(=O)c1c(OCc2ccccc2)cc(C(=O)O[C@@H]2CCC[C@H]2NC(=O)c2ccc(OCc3ccccc3)cc2)cc1OCc1ccccc1)OCc1ccccc1. The standard InChI is InChI=1S/C63H55NO11/c65-58(74-42-48-26-14-5-15-27-48)43-73-55-31-17-30-54(70-39-45-20-8-2-9-21-45)59(55)61(66)60-56(71-40-46-22-10-3-11-23-46)36-50(37-57(60)72-41-47-24-12-4-13-25-47)63(68)75-53-29-16-28-52(53)64-62(67)49-32-34-51(35-33-49)69-38-44-18-6-1-7-19-44/h1-15,17-27,30-37,52-53H,16,28-29,38-43H2,(H,64,67)/t52-,53-/m1/s1. The first kappa shape index (κ1) is 50.8. The topological polar surface area (TPSA) is 145 Å². The Morgan fingerprint density at radius 3 is 1.37 bits per heavy atom. The van der Waals surface area contributed by atoms with Crippen LogP contribution < -0.4 is 29.0 Å². The van der Waals surface area contributed by atoms with Gasteiger partial charge in [-0.3, -0.25) is 9.59 Å². The number of hydrogen-bond acceptors (Lipinski definition) is 11. The van der Waals surface area contributed by atoms with E-state index in [-0.39, 0.29) is 72.0 Å². The van der Waals surface area contributed by atoms with Crippen molar-refractivity contribution in [2.75, 3.05) is 6.61 Å². The second kappa shape index (κ2) is 25.5. The lowest BCUT2D eigenvalue weighted by atomic mass is 9.97. The monoisotopic (exact) mass is 1000 g/mol. The molecule has 1 saturated carbocycles. The zero-order valence-corrected chi connectivity index (χ0v) is 41.1. The molecule has 0 aliphatic heterocycles. The van der Waals surface area contributed by atoms with E-state index >= 15 is 4.79 Å². The van der Waals surface area contributed by atoms with E-state index in [4.69, 9.17) is 33.2 Å². The predicted molar refractivity (Wildman–Crippen MR) is 282 cm³/mol. The summed E-state index contributed by atoms with van der Waals surface area (Å²) in [6.07, 6.45) is 1.15. The highest BCUT2D eigenvalue weighted by atomic mass is 16.6. The van der Waals surface area contributed by atoms with Crippen molar-refractivity contribution in [3.63, 3.8) is 0 Å². The van der Waals surface area contributed by atoms with Crippen LogP contribution >= 0.6 is 0 Å². The largest absolute Gasteiger partial charge is 0.489 e. The number of amides is 1. The number of nitrogens with one attached hydrogen (secondary N) is 1. The minimum atomic E-state index is -0.709. The molecule has 1 aliphatic rings. The Bertz CT molecular complexity index is 3090. The number of hydrogen-bond donors (Lipinski definition) is 1. The maximum absolute atomic E-state index is 15.7. The number of benzene rings is 8. The van der Waals surface area contributed by atoms with Crippen molar-refractivity contribution in [2.24, 2.45) is 0 Å². The van der Waals surface area contributed by atoms with Crippen LogP contribution in [0, 0.1) is 0 Å². The molecule has 0 aromatic heterocycles. The van der Waals surface area contributed by atoms with Crippen molar-refractivity contribution in [3.8, 4) is 28.7 Å². The van der Waals surface area contributed by atoms with Crippen LogP contribution in [0.25, 0.3) is 0 Å². The number of ether oxygens (including phenoxy) is 7. The van der Waals surface area contributed by atoms with Gasteiger partial charge in [-0.25, -0.2) is 9.59 Å². The molecule has 0 heterocycles. The predicted octanol–water partition coefficient (Wildman–Crippen LogP) is 11.9. The molecule has 0 bridgehead atoms. The summed E-state index contributed by atoms with van der Waals surface area (Å²) in [5, 5.41) is 3.08. The van der Waals surface area contributed by atoms with Crippen LogP contribution in [-0.2, 0) is 47.3 Å². The minimum Gasteiger partial charge on any atom is -0.489 e. The highest BCUT2D eigenvalue weighted by Crippen LogP contribution is 2.40. The van der Waals surface area contributed by atoms with Crippen molar-refractivity contribution >= 4 is 23.6 Å². The number of carbonyl (C=O) groups is 4. The van der Waals surface area contributed by atoms with Crippen LogP contribution in [0.1, 0.15) is 83.7 Å². The van der Waals surface area contributed by atoms with Crippen LogP contribution in [0.5, 0.6) is 28.7 Å². The maximum atomic E-state index is 15.7. The van der Waals surface area contributed by atoms with Gasteiger partial charge in [0.25, 0.3) is 5.91 Å². The van der Waals surface area contributed by atoms with Gasteiger partial charge in [-0.15, -0.1) is 0 Å². The van der Waals surface area contributed by atoms with Crippen LogP contribution in [0.15, 0.2) is 206 Å². The van der Waals surface area contributed by atoms with Crippen LogP contribution in [0.2, 0.25) is 0 Å². The van der Waals surface area contributed by atoms with E-state index in [1.165, 1.54) is 12.1 Å². The molecular weight excluding hydrogens is 947 g/mol. The first-order valence-corrected chi connectivity index (χ1v) is 24.8. The van der Waals surface area contributed by atoms with E-state index in [9.17, 15) is 14.4 Å².